The van der Waals surface area contributed by atoms with Gasteiger partial charge in [-0.05, 0) is 49.7 Å². The molecule has 0 bridgehead atoms. The number of rotatable bonds is 3. The minimum atomic E-state index is 0.714. The van der Waals surface area contributed by atoms with Gasteiger partial charge in [0, 0.05) is 18.4 Å². The van der Waals surface area contributed by atoms with E-state index in [4.69, 9.17) is 0 Å². The predicted molar refractivity (Wildman–Crippen MR) is 57.5 cm³/mol. The summed E-state index contributed by atoms with van der Waals surface area (Å²) in [5.41, 5.74) is 2.65. The summed E-state index contributed by atoms with van der Waals surface area (Å²) in [6, 6.07) is 2.99. The Balaban J connectivity index is 1.72. The molecule has 0 aliphatic heterocycles. The Labute approximate surface area is 84.7 Å². The van der Waals surface area contributed by atoms with Gasteiger partial charge in [-0.25, -0.2) is 0 Å². The van der Waals surface area contributed by atoms with E-state index in [1.165, 1.54) is 43.4 Å². The summed E-state index contributed by atoms with van der Waals surface area (Å²) < 4.78 is 0. The van der Waals surface area contributed by atoms with Gasteiger partial charge in [0.05, 0.1) is 5.69 Å². The number of hydrogen-bond acceptors (Lipinski definition) is 2. The van der Waals surface area contributed by atoms with Gasteiger partial charge < -0.3 is 5.32 Å². The third-order valence-electron chi connectivity index (χ3n) is 3.28. The van der Waals surface area contributed by atoms with Crippen LogP contribution in [0.3, 0.4) is 0 Å². The van der Waals surface area contributed by atoms with E-state index in [9.17, 15) is 0 Å². The second-order valence-corrected chi connectivity index (χ2v) is 4.55. The molecule has 1 heterocycles. The molecule has 74 valence electrons. The zero-order valence-corrected chi connectivity index (χ0v) is 8.37. The van der Waals surface area contributed by atoms with Crippen LogP contribution >= 0.6 is 0 Å². The fraction of sp³-hybridized carbons (Fsp3) is 0.583. The van der Waals surface area contributed by atoms with Crippen LogP contribution in [-0.2, 0) is 0 Å². The monoisotopic (exact) mass is 188 g/mol. The van der Waals surface area contributed by atoms with Crippen molar-refractivity contribution in [2.24, 2.45) is 0 Å². The quantitative estimate of drug-likeness (QED) is 0.789. The van der Waals surface area contributed by atoms with Gasteiger partial charge in [0.2, 0.25) is 0 Å². The average Bonchev–Trinajstić information content (AvgIpc) is 2.95. The molecule has 2 nitrogen and oxygen atoms in total. The van der Waals surface area contributed by atoms with Crippen molar-refractivity contribution >= 4 is 5.69 Å². The summed E-state index contributed by atoms with van der Waals surface area (Å²) in [7, 11) is 0. The number of pyridine rings is 1. The Morgan fingerprint density at radius 1 is 1.14 bits per heavy atom. The van der Waals surface area contributed by atoms with Gasteiger partial charge in [0.1, 0.15) is 0 Å². The summed E-state index contributed by atoms with van der Waals surface area (Å²) in [5, 5.41) is 3.54. The van der Waals surface area contributed by atoms with Crippen molar-refractivity contribution in [3.8, 4) is 0 Å². The molecule has 0 amide bonds. The summed E-state index contributed by atoms with van der Waals surface area (Å²) in [6.07, 6.45) is 10.7. The van der Waals surface area contributed by atoms with Crippen molar-refractivity contribution in [1.29, 1.82) is 0 Å². The molecule has 2 aliphatic rings. The predicted octanol–water partition coefficient (Wildman–Crippen LogP) is 2.92. The molecule has 2 fully saturated rings. The van der Waals surface area contributed by atoms with E-state index in [-0.39, 0.29) is 0 Å². The van der Waals surface area contributed by atoms with Crippen LogP contribution in [0.5, 0.6) is 0 Å². The molecule has 2 heteroatoms. The zero-order valence-electron chi connectivity index (χ0n) is 8.37. The van der Waals surface area contributed by atoms with Crippen LogP contribution in [0.2, 0.25) is 0 Å². The highest BCUT2D eigenvalue weighted by molar-refractivity contribution is 5.45. The Bertz CT molecular complexity index is 327. The molecule has 0 unspecified atom stereocenters. The highest BCUT2D eigenvalue weighted by atomic mass is 14.9. The van der Waals surface area contributed by atoms with Gasteiger partial charge in [0.25, 0.3) is 0 Å². The molecule has 0 atom stereocenters. The summed E-state index contributed by atoms with van der Waals surface area (Å²) >= 11 is 0. The lowest BCUT2D eigenvalue weighted by Crippen LogP contribution is -2.27. The molecule has 0 saturated heterocycles. The first-order chi connectivity index (χ1) is 6.92. The molecule has 1 N–H and O–H groups in total. The maximum absolute atomic E-state index is 4.29. The SMILES string of the molecule is c1ncc(C2CC2)cc1NC1CCC1. The number of nitrogens with zero attached hydrogens (tertiary/aromatic N) is 1. The van der Waals surface area contributed by atoms with E-state index in [1.54, 1.807) is 0 Å². The standard InChI is InChI=1S/C12H16N2/c1-2-11(3-1)14-12-6-10(7-13-8-12)9-4-5-9/h6-9,11,14H,1-5H2. The molecule has 1 aromatic heterocycles. The van der Waals surface area contributed by atoms with Crippen LogP contribution < -0.4 is 5.32 Å². The minimum Gasteiger partial charge on any atom is -0.381 e. The van der Waals surface area contributed by atoms with E-state index in [1.807, 2.05) is 12.4 Å². The van der Waals surface area contributed by atoms with Crippen LogP contribution in [0, 0.1) is 0 Å². The van der Waals surface area contributed by atoms with Crippen molar-refractivity contribution in [3.05, 3.63) is 24.0 Å². The molecule has 2 saturated carbocycles. The minimum absolute atomic E-state index is 0.714. The van der Waals surface area contributed by atoms with Crippen molar-refractivity contribution in [2.45, 2.75) is 44.1 Å². The van der Waals surface area contributed by atoms with Crippen LogP contribution in [0.1, 0.15) is 43.6 Å². The number of nitrogens with one attached hydrogen (secondary N) is 1. The highest BCUT2D eigenvalue weighted by Crippen LogP contribution is 2.40. The van der Waals surface area contributed by atoms with Crippen molar-refractivity contribution in [2.75, 3.05) is 5.32 Å². The third-order valence-corrected chi connectivity index (χ3v) is 3.28. The highest BCUT2D eigenvalue weighted by Gasteiger charge is 2.24. The van der Waals surface area contributed by atoms with E-state index in [2.05, 4.69) is 16.4 Å². The summed E-state index contributed by atoms with van der Waals surface area (Å²) in [5.74, 6) is 0.811. The average molecular weight is 188 g/mol. The topological polar surface area (TPSA) is 24.9 Å². The maximum Gasteiger partial charge on any atom is 0.0531 e. The Hall–Kier alpha value is -1.05. The second-order valence-electron chi connectivity index (χ2n) is 4.55. The second kappa shape index (κ2) is 3.26. The van der Waals surface area contributed by atoms with Crippen molar-refractivity contribution < 1.29 is 0 Å². The van der Waals surface area contributed by atoms with Gasteiger partial charge in [-0.15, -0.1) is 0 Å². The van der Waals surface area contributed by atoms with E-state index in [0.717, 1.165) is 5.92 Å². The van der Waals surface area contributed by atoms with E-state index < -0.39 is 0 Å². The molecule has 14 heavy (non-hydrogen) atoms. The Kier molecular flexibility index (Phi) is 1.93. The summed E-state index contributed by atoms with van der Waals surface area (Å²) in [6.45, 7) is 0. The first kappa shape index (κ1) is 8.27. The van der Waals surface area contributed by atoms with Crippen LogP contribution in [-0.4, -0.2) is 11.0 Å². The molecular formula is C12H16N2. The smallest absolute Gasteiger partial charge is 0.0531 e. The summed E-state index contributed by atoms with van der Waals surface area (Å²) in [4.78, 5) is 4.29. The van der Waals surface area contributed by atoms with Crippen LogP contribution in [0.4, 0.5) is 5.69 Å². The molecule has 2 aliphatic carbocycles. The van der Waals surface area contributed by atoms with E-state index >= 15 is 0 Å². The van der Waals surface area contributed by atoms with Crippen LogP contribution in [0.25, 0.3) is 0 Å². The van der Waals surface area contributed by atoms with Gasteiger partial charge in [0.15, 0.2) is 0 Å². The zero-order chi connectivity index (χ0) is 9.38. The molecule has 0 spiro atoms. The van der Waals surface area contributed by atoms with Gasteiger partial charge >= 0.3 is 0 Å². The maximum atomic E-state index is 4.29. The number of anilines is 1. The molecular weight excluding hydrogens is 172 g/mol. The lowest BCUT2D eigenvalue weighted by atomic mass is 9.93. The van der Waals surface area contributed by atoms with Gasteiger partial charge in [-0.2, -0.15) is 0 Å². The molecule has 1 aromatic rings. The van der Waals surface area contributed by atoms with Crippen molar-refractivity contribution in [1.82, 2.24) is 4.98 Å². The molecule has 3 rings (SSSR count). The fourth-order valence-electron chi connectivity index (χ4n) is 1.96. The first-order valence-electron chi connectivity index (χ1n) is 5.63. The Morgan fingerprint density at radius 3 is 2.64 bits per heavy atom. The van der Waals surface area contributed by atoms with E-state index in [0.29, 0.717) is 6.04 Å². The normalized spacial score (nSPS) is 21.7. The largest absolute Gasteiger partial charge is 0.381 e. The molecule has 0 aromatic carbocycles. The number of hydrogen-bond donors (Lipinski definition) is 1. The first-order valence-corrected chi connectivity index (χ1v) is 5.63. The van der Waals surface area contributed by atoms with Crippen LogP contribution in [0.15, 0.2) is 18.5 Å². The fourth-order valence-corrected chi connectivity index (χ4v) is 1.96. The van der Waals surface area contributed by atoms with Gasteiger partial charge in [-0.3, -0.25) is 4.98 Å². The molecule has 0 radical (unpaired) electrons. The number of aromatic nitrogens is 1. The lowest BCUT2D eigenvalue weighted by molar-refractivity contribution is 0.445. The van der Waals surface area contributed by atoms with Crippen molar-refractivity contribution in [3.63, 3.8) is 0 Å². The van der Waals surface area contributed by atoms with Gasteiger partial charge in [-0.1, -0.05) is 0 Å². The Morgan fingerprint density at radius 2 is 2.00 bits per heavy atom. The lowest BCUT2D eigenvalue weighted by Gasteiger charge is -2.27. The third kappa shape index (κ3) is 1.61.